The largest absolute Gasteiger partial charge is 0.484 e. The Balaban J connectivity index is 1.54. The van der Waals surface area contributed by atoms with Gasteiger partial charge >= 0.3 is 0 Å². The van der Waals surface area contributed by atoms with Crippen molar-refractivity contribution >= 4 is 28.1 Å². The number of thiazole rings is 1. The number of nitro benzene ring substituents is 1. The Morgan fingerprint density at radius 2 is 2.07 bits per heavy atom. The lowest BCUT2D eigenvalue weighted by Gasteiger charge is -2.33. The normalized spacial score (nSPS) is 16.5. The standard InChI is InChI=1S/C19H23N3O4S/c1-19(2,3)12-4-9-15-16(10-12)27-18(20-15)21-17(23)11-26-14-7-5-13(6-8-14)22(24)25/h5-8,12H,4,9-11H2,1-3H3,(H,20,21,23). The molecule has 7 nitrogen and oxygen atoms in total. The zero-order chi connectivity index (χ0) is 19.6. The monoisotopic (exact) mass is 389 g/mol. The molecule has 1 N–H and O–H groups in total. The molecule has 3 rings (SSSR count). The number of hydrogen-bond acceptors (Lipinski definition) is 6. The van der Waals surface area contributed by atoms with Crippen LogP contribution in [0.3, 0.4) is 0 Å². The molecule has 1 aromatic heterocycles. The molecule has 27 heavy (non-hydrogen) atoms. The lowest BCUT2D eigenvalue weighted by molar-refractivity contribution is -0.384. The van der Waals surface area contributed by atoms with Gasteiger partial charge in [0, 0.05) is 17.0 Å². The summed E-state index contributed by atoms with van der Waals surface area (Å²) in [5.74, 6) is 0.730. The van der Waals surface area contributed by atoms with E-state index in [-0.39, 0.29) is 23.6 Å². The molecule has 1 unspecified atom stereocenters. The van der Waals surface area contributed by atoms with Gasteiger partial charge in [0.05, 0.1) is 10.6 Å². The molecule has 8 heteroatoms. The van der Waals surface area contributed by atoms with E-state index in [0.29, 0.717) is 16.8 Å². The number of nitrogens with zero attached hydrogens (tertiary/aromatic N) is 2. The number of rotatable bonds is 5. The van der Waals surface area contributed by atoms with Crippen LogP contribution in [0.15, 0.2) is 24.3 Å². The minimum absolute atomic E-state index is 0.0197. The number of nitro groups is 1. The van der Waals surface area contributed by atoms with Crippen LogP contribution in [-0.2, 0) is 17.6 Å². The Hall–Kier alpha value is -2.48. The van der Waals surface area contributed by atoms with Crippen LogP contribution in [0.25, 0.3) is 0 Å². The van der Waals surface area contributed by atoms with Gasteiger partial charge in [-0.1, -0.05) is 20.8 Å². The zero-order valence-electron chi connectivity index (χ0n) is 15.7. The van der Waals surface area contributed by atoms with Crippen LogP contribution in [0.2, 0.25) is 0 Å². The summed E-state index contributed by atoms with van der Waals surface area (Å²) in [4.78, 5) is 28.1. The average Bonchev–Trinajstić information content (AvgIpc) is 3.00. The maximum atomic E-state index is 12.1. The second kappa shape index (κ2) is 7.64. The summed E-state index contributed by atoms with van der Waals surface area (Å²) in [7, 11) is 0. The molecule has 0 aliphatic heterocycles. The molecule has 0 radical (unpaired) electrons. The number of carbonyl (C=O) groups is 1. The molecule has 2 aromatic rings. The molecular formula is C19H23N3O4S. The van der Waals surface area contributed by atoms with E-state index in [1.807, 2.05) is 0 Å². The molecule has 0 fully saturated rings. The summed E-state index contributed by atoms with van der Waals surface area (Å²) >= 11 is 1.54. The zero-order valence-corrected chi connectivity index (χ0v) is 16.5. The molecule has 0 saturated heterocycles. The number of aromatic nitrogens is 1. The molecule has 1 heterocycles. The smallest absolute Gasteiger partial charge is 0.269 e. The molecular weight excluding hydrogens is 366 g/mol. The Kier molecular flexibility index (Phi) is 5.46. The lowest BCUT2D eigenvalue weighted by atomic mass is 9.73. The minimum atomic E-state index is -0.481. The topological polar surface area (TPSA) is 94.4 Å². The van der Waals surface area contributed by atoms with Crippen molar-refractivity contribution in [2.45, 2.75) is 40.0 Å². The Labute approximate surface area is 161 Å². The molecule has 0 bridgehead atoms. The van der Waals surface area contributed by atoms with Gasteiger partial charge in [-0.2, -0.15) is 0 Å². The third-order valence-electron chi connectivity index (χ3n) is 4.83. The highest BCUT2D eigenvalue weighted by molar-refractivity contribution is 7.15. The number of benzene rings is 1. The molecule has 144 valence electrons. The van der Waals surface area contributed by atoms with Crippen molar-refractivity contribution < 1.29 is 14.5 Å². The Morgan fingerprint density at radius 3 is 2.70 bits per heavy atom. The van der Waals surface area contributed by atoms with Crippen LogP contribution in [0.4, 0.5) is 10.8 Å². The summed E-state index contributed by atoms with van der Waals surface area (Å²) < 4.78 is 5.38. The van der Waals surface area contributed by atoms with E-state index >= 15 is 0 Å². The average molecular weight is 389 g/mol. The number of non-ortho nitro benzene ring substituents is 1. The van der Waals surface area contributed by atoms with Crippen molar-refractivity contribution in [1.82, 2.24) is 4.98 Å². The van der Waals surface area contributed by atoms with Crippen molar-refractivity contribution in [3.8, 4) is 5.75 Å². The third kappa shape index (κ3) is 4.82. The highest BCUT2D eigenvalue weighted by atomic mass is 32.1. The van der Waals surface area contributed by atoms with E-state index in [0.717, 1.165) is 25.0 Å². The van der Waals surface area contributed by atoms with Crippen LogP contribution >= 0.6 is 11.3 Å². The second-order valence-electron chi connectivity index (χ2n) is 7.78. The number of nitrogens with one attached hydrogen (secondary N) is 1. The lowest BCUT2D eigenvalue weighted by Crippen LogP contribution is -2.26. The summed E-state index contributed by atoms with van der Waals surface area (Å²) in [5.41, 5.74) is 1.34. The van der Waals surface area contributed by atoms with Crippen LogP contribution < -0.4 is 10.1 Å². The third-order valence-corrected chi connectivity index (χ3v) is 5.86. The van der Waals surface area contributed by atoms with E-state index in [9.17, 15) is 14.9 Å². The number of ether oxygens (including phenoxy) is 1. The van der Waals surface area contributed by atoms with E-state index < -0.39 is 4.92 Å². The van der Waals surface area contributed by atoms with Gasteiger partial charge in [0.25, 0.3) is 11.6 Å². The fourth-order valence-electron chi connectivity index (χ4n) is 3.14. The molecule has 0 spiro atoms. The Morgan fingerprint density at radius 1 is 1.37 bits per heavy atom. The summed E-state index contributed by atoms with van der Waals surface area (Å²) in [5, 5.41) is 14.0. The first-order valence-electron chi connectivity index (χ1n) is 8.88. The minimum Gasteiger partial charge on any atom is -0.484 e. The summed E-state index contributed by atoms with van der Waals surface area (Å²) in [6.45, 7) is 6.62. The molecule has 1 aromatic carbocycles. The SMILES string of the molecule is CC(C)(C)C1CCc2nc(NC(=O)COc3ccc([N+](=O)[O-])cc3)sc2C1. The molecule has 1 aliphatic rings. The number of anilines is 1. The van der Waals surface area contributed by atoms with Gasteiger partial charge in [0.2, 0.25) is 0 Å². The highest BCUT2D eigenvalue weighted by Crippen LogP contribution is 2.40. The van der Waals surface area contributed by atoms with E-state index in [2.05, 4.69) is 31.1 Å². The summed E-state index contributed by atoms with van der Waals surface area (Å²) in [6.07, 6.45) is 3.07. The van der Waals surface area contributed by atoms with Crippen LogP contribution in [0.5, 0.6) is 5.75 Å². The predicted molar refractivity (Wildman–Crippen MR) is 104 cm³/mol. The van der Waals surface area contributed by atoms with Crippen molar-refractivity contribution in [3.05, 3.63) is 45.0 Å². The van der Waals surface area contributed by atoms with Crippen molar-refractivity contribution in [3.63, 3.8) is 0 Å². The maximum Gasteiger partial charge on any atom is 0.269 e. The molecule has 1 aliphatic carbocycles. The first kappa shape index (κ1) is 19.3. The number of aryl methyl sites for hydroxylation is 1. The second-order valence-corrected chi connectivity index (χ2v) is 8.87. The van der Waals surface area contributed by atoms with E-state index in [1.165, 1.54) is 40.5 Å². The molecule has 0 saturated carbocycles. The van der Waals surface area contributed by atoms with Crippen molar-refractivity contribution in [2.24, 2.45) is 11.3 Å². The van der Waals surface area contributed by atoms with Crippen molar-refractivity contribution in [1.29, 1.82) is 0 Å². The molecule has 1 amide bonds. The number of amides is 1. The molecule has 1 atom stereocenters. The van der Waals surface area contributed by atoms with Gasteiger partial charge < -0.3 is 4.74 Å². The van der Waals surface area contributed by atoms with Gasteiger partial charge in [-0.25, -0.2) is 4.98 Å². The van der Waals surface area contributed by atoms with Crippen molar-refractivity contribution in [2.75, 3.05) is 11.9 Å². The first-order valence-corrected chi connectivity index (χ1v) is 9.69. The quantitative estimate of drug-likeness (QED) is 0.610. The van der Waals surface area contributed by atoms with Gasteiger partial charge in [-0.15, -0.1) is 11.3 Å². The van der Waals surface area contributed by atoms with Crippen LogP contribution in [0, 0.1) is 21.4 Å². The number of carbonyl (C=O) groups excluding carboxylic acids is 1. The van der Waals surface area contributed by atoms with Crippen LogP contribution in [-0.4, -0.2) is 22.4 Å². The van der Waals surface area contributed by atoms with Crippen LogP contribution in [0.1, 0.15) is 37.8 Å². The number of hydrogen-bond donors (Lipinski definition) is 1. The fraction of sp³-hybridized carbons (Fsp3) is 0.474. The van der Waals surface area contributed by atoms with E-state index in [1.54, 1.807) is 0 Å². The fourth-order valence-corrected chi connectivity index (χ4v) is 4.24. The summed E-state index contributed by atoms with van der Waals surface area (Å²) in [6, 6.07) is 5.63. The van der Waals surface area contributed by atoms with Gasteiger partial charge in [0.15, 0.2) is 11.7 Å². The van der Waals surface area contributed by atoms with Gasteiger partial charge in [-0.05, 0) is 42.7 Å². The Bertz CT molecular complexity index is 840. The highest BCUT2D eigenvalue weighted by Gasteiger charge is 2.30. The number of fused-ring (bicyclic) bond motifs is 1. The predicted octanol–water partition coefficient (Wildman–Crippen LogP) is 4.22. The van der Waals surface area contributed by atoms with E-state index in [4.69, 9.17) is 4.74 Å². The van der Waals surface area contributed by atoms with Gasteiger partial charge in [0.1, 0.15) is 5.75 Å². The maximum absolute atomic E-state index is 12.1. The first-order chi connectivity index (χ1) is 12.7. The van der Waals surface area contributed by atoms with Gasteiger partial charge in [-0.3, -0.25) is 20.2 Å².